The van der Waals surface area contributed by atoms with E-state index in [0.29, 0.717) is 46.4 Å². The van der Waals surface area contributed by atoms with Crippen LogP contribution in [-0.2, 0) is 4.79 Å². The maximum atomic E-state index is 13.6. The van der Waals surface area contributed by atoms with Gasteiger partial charge in [0, 0.05) is 55.9 Å². The van der Waals surface area contributed by atoms with Gasteiger partial charge in [-0.15, -0.1) is 0 Å². The number of nitrogens with zero attached hydrogens (tertiary/aromatic N) is 4. The zero-order valence-electron chi connectivity index (χ0n) is 20.7. The summed E-state index contributed by atoms with van der Waals surface area (Å²) >= 11 is 5.94. The number of aromatic nitrogens is 2. The summed E-state index contributed by atoms with van der Waals surface area (Å²) in [5, 5.41) is 6.83. The third-order valence-corrected chi connectivity index (χ3v) is 6.87. The second-order valence-electron chi connectivity index (χ2n) is 9.59. The van der Waals surface area contributed by atoms with Gasteiger partial charge in [0.05, 0.1) is 22.8 Å². The van der Waals surface area contributed by atoms with E-state index in [-0.39, 0.29) is 10.9 Å². The van der Waals surface area contributed by atoms with Crippen molar-refractivity contribution >= 4 is 45.6 Å². The lowest BCUT2D eigenvalue weighted by molar-refractivity contribution is -0.111. The molecule has 8 nitrogen and oxygen atoms in total. The molecule has 2 heterocycles. The zero-order chi connectivity index (χ0) is 25.8. The Hall–Kier alpha value is -3.27. The van der Waals surface area contributed by atoms with Crippen LogP contribution < -0.4 is 15.4 Å². The van der Waals surface area contributed by atoms with E-state index in [0.717, 1.165) is 45.6 Å². The van der Waals surface area contributed by atoms with Crippen molar-refractivity contribution in [2.24, 2.45) is 5.92 Å². The predicted molar refractivity (Wildman–Crippen MR) is 144 cm³/mol. The highest BCUT2D eigenvalue weighted by atomic mass is 35.5. The molecule has 1 saturated carbocycles. The molecule has 10 heteroatoms. The lowest BCUT2D eigenvalue weighted by Gasteiger charge is -2.31. The van der Waals surface area contributed by atoms with Crippen LogP contribution in [0.5, 0.6) is 5.75 Å². The van der Waals surface area contributed by atoms with E-state index >= 15 is 0 Å². The molecule has 37 heavy (non-hydrogen) atoms. The van der Waals surface area contributed by atoms with Gasteiger partial charge in [-0.2, -0.15) is 0 Å². The van der Waals surface area contributed by atoms with Crippen molar-refractivity contribution in [3.05, 3.63) is 59.7 Å². The highest BCUT2D eigenvalue weighted by Gasteiger charge is 2.23. The lowest BCUT2D eigenvalue weighted by Crippen LogP contribution is -2.44. The van der Waals surface area contributed by atoms with E-state index in [9.17, 15) is 9.18 Å². The molecular formula is C27H30ClFN6O2. The van der Waals surface area contributed by atoms with E-state index in [1.54, 1.807) is 18.2 Å². The summed E-state index contributed by atoms with van der Waals surface area (Å²) in [7, 11) is 2.12. The van der Waals surface area contributed by atoms with Crippen LogP contribution in [0.15, 0.2) is 48.8 Å². The maximum Gasteiger partial charge on any atom is 0.248 e. The first-order valence-electron chi connectivity index (χ1n) is 12.5. The van der Waals surface area contributed by atoms with Crippen LogP contribution in [0.25, 0.3) is 10.9 Å². The second kappa shape index (κ2) is 11.4. The summed E-state index contributed by atoms with van der Waals surface area (Å²) in [5.41, 5.74) is 1.77. The molecule has 1 saturated heterocycles. The fourth-order valence-electron chi connectivity index (χ4n) is 4.12. The number of carbonyl (C=O) groups is 1. The normalized spacial score (nSPS) is 16.8. The number of nitrogens with one attached hydrogen (secondary N) is 2. The van der Waals surface area contributed by atoms with Crippen molar-refractivity contribution in [1.82, 2.24) is 19.8 Å². The van der Waals surface area contributed by atoms with Gasteiger partial charge in [0.25, 0.3) is 0 Å². The molecular weight excluding hydrogens is 495 g/mol. The van der Waals surface area contributed by atoms with Crippen LogP contribution in [0.2, 0.25) is 5.02 Å². The first kappa shape index (κ1) is 25.4. The third-order valence-electron chi connectivity index (χ3n) is 6.58. The topological polar surface area (TPSA) is 82.6 Å². The smallest absolute Gasteiger partial charge is 0.248 e. The number of rotatable bonds is 9. The van der Waals surface area contributed by atoms with Gasteiger partial charge < -0.3 is 20.3 Å². The number of hydrogen-bond acceptors (Lipinski definition) is 7. The Morgan fingerprint density at radius 3 is 2.76 bits per heavy atom. The van der Waals surface area contributed by atoms with E-state index in [2.05, 4.69) is 37.4 Å². The molecule has 0 radical (unpaired) electrons. The van der Waals surface area contributed by atoms with Crippen LogP contribution in [0.3, 0.4) is 0 Å². The average Bonchev–Trinajstić information content (AvgIpc) is 3.71. The number of carbonyl (C=O) groups excluding carboxylic acids is 1. The Kier molecular flexibility index (Phi) is 7.83. The summed E-state index contributed by atoms with van der Waals surface area (Å²) in [6.07, 6.45) is 7.20. The summed E-state index contributed by atoms with van der Waals surface area (Å²) in [4.78, 5) is 26.2. The van der Waals surface area contributed by atoms with Crippen LogP contribution in [0.1, 0.15) is 12.8 Å². The number of piperazine rings is 1. The predicted octanol–water partition coefficient (Wildman–Crippen LogP) is 4.70. The molecule has 1 aliphatic heterocycles. The SMILES string of the molecule is CN1CCN(C/C=C/C(=O)Nc2cc3c(Nc4ccc(F)c(Cl)c4)ncnc3cc2OCC2CC2)CC1. The largest absolute Gasteiger partial charge is 0.491 e. The maximum absolute atomic E-state index is 13.6. The Bertz CT molecular complexity index is 1310. The van der Waals surface area contributed by atoms with Crippen molar-refractivity contribution in [2.75, 3.05) is 57.0 Å². The van der Waals surface area contributed by atoms with Crippen molar-refractivity contribution in [2.45, 2.75) is 12.8 Å². The number of likely N-dealkylation sites (N-methyl/N-ethyl adjacent to an activating group) is 1. The Balaban J connectivity index is 1.36. The zero-order valence-corrected chi connectivity index (χ0v) is 21.5. The van der Waals surface area contributed by atoms with Crippen molar-refractivity contribution in [1.29, 1.82) is 0 Å². The average molecular weight is 525 g/mol. The third kappa shape index (κ3) is 6.74. The standard InChI is InChI=1S/C27H30ClFN6O2/c1-34-9-11-35(12-10-34)8-2-3-26(36)33-24-14-20-23(15-25(24)37-16-18-4-5-18)30-17-31-27(20)32-19-6-7-22(29)21(28)13-19/h2-3,6-7,13-15,17-18H,4-5,8-12,16H2,1H3,(H,33,36)(H,30,31,32)/b3-2+. The Morgan fingerprint density at radius 2 is 2.00 bits per heavy atom. The van der Waals surface area contributed by atoms with Gasteiger partial charge in [-0.1, -0.05) is 17.7 Å². The van der Waals surface area contributed by atoms with E-state index in [4.69, 9.17) is 16.3 Å². The van der Waals surface area contributed by atoms with E-state index in [1.165, 1.54) is 18.5 Å². The summed E-state index contributed by atoms with van der Waals surface area (Å²) in [6, 6.07) is 7.98. The van der Waals surface area contributed by atoms with Gasteiger partial charge >= 0.3 is 0 Å². The fourth-order valence-corrected chi connectivity index (χ4v) is 4.30. The quantitative estimate of drug-likeness (QED) is 0.393. The van der Waals surface area contributed by atoms with Crippen LogP contribution >= 0.6 is 11.6 Å². The fraction of sp³-hybridized carbons (Fsp3) is 0.370. The van der Waals surface area contributed by atoms with Crippen molar-refractivity contribution < 1.29 is 13.9 Å². The number of ether oxygens (including phenoxy) is 1. The first-order chi connectivity index (χ1) is 17.9. The van der Waals surface area contributed by atoms with Gasteiger partial charge in [-0.3, -0.25) is 9.69 Å². The number of amides is 1. The molecule has 2 N–H and O–H groups in total. The second-order valence-corrected chi connectivity index (χ2v) is 10.00. The van der Waals surface area contributed by atoms with Crippen LogP contribution in [0.4, 0.5) is 21.6 Å². The molecule has 0 spiro atoms. The van der Waals surface area contributed by atoms with Gasteiger partial charge in [-0.25, -0.2) is 14.4 Å². The molecule has 3 aromatic rings. The van der Waals surface area contributed by atoms with Gasteiger partial charge in [0.1, 0.15) is 23.7 Å². The highest BCUT2D eigenvalue weighted by Crippen LogP contribution is 2.36. The summed E-state index contributed by atoms with van der Waals surface area (Å²) < 4.78 is 19.7. The molecule has 1 amide bonds. The monoisotopic (exact) mass is 524 g/mol. The van der Waals surface area contributed by atoms with E-state index in [1.807, 2.05) is 12.1 Å². The molecule has 1 aromatic heterocycles. The minimum absolute atomic E-state index is 0.00966. The molecule has 2 aliphatic rings. The number of fused-ring (bicyclic) bond motifs is 1. The molecule has 0 bridgehead atoms. The number of benzene rings is 2. The van der Waals surface area contributed by atoms with Gasteiger partial charge in [-0.05, 0) is 50.1 Å². The van der Waals surface area contributed by atoms with Crippen molar-refractivity contribution in [3.63, 3.8) is 0 Å². The Morgan fingerprint density at radius 1 is 1.19 bits per heavy atom. The minimum Gasteiger partial charge on any atom is -0.491 e. The van der Waals surface area contributed by atoms with E-state index < -0.39 is 5.82 Å². The lowest BCUT2D eigenvalue weighted by atomic mass is 10.1. The molecule has 2 aromatic carbocycles. The molecule has 0 unspecified atom stereocenters. The van der Waals surface area contributed by atoms with Crippen LogP contribution in [-0.4, -0.2) is 72.1 Å². The van der Waals surface area contributed by atoms with Crippen LogP contribution in [0, 0.1) is 11.7 Å². The molecule has 194 valence electrons. The molecule has 1 aliphatic carbocycles. The molecule has 2 fully saturated rings. The molecule has 5 rings (SSSR count). The molecule has 0 atom stereocenters. The van der Waals surface area contributed by atoms with Crippen molar-refractivity contribution in [3.8, 4) is 5.75 Å². The first-order valence-corrected chi connectivity index (χ1v) is 12.8. The number of hydrogen-bond donors (Lipinski definition) is 2. The number of anilines is 3. The summed E-state index contributed by atoms with van der Waals surface area (Å²) in [5.74, 6) is 0.884. The Labute approximate surface area is 220 Å². The van der Waals surface area contributed by atoms with Gasteiger partial charge in [0.15, 0.2) is 0 Å². The minimum atomic E-state index is -0.497. The summed E-state index contributed by atoms with van der Waals surface area (Å²) in [6.45, 7) is 5.36. The number of halogens is 2. The van der Waals surface area contributed by atoms with Gasteiger partial charge in [0.2, 0.25) is 5.91 Å². The highest BCUT2D eigenvalue weighted by molar-refractivity contribution is 6.31.